The van der Waals surface area contributed by atoms with Crippen LogP contribution < -0.4 is 4.90 Å². The van der Waals surface area contributed by atoms with Crippen LogP contribution in [0.3, 0.4) is 0 Å². The molecular weight excluding hydrogens is 396 g/mol. The van der Waals surface area contributed by atoms with Gasteiger partial charge in [-0.2, -0.15) is 0 Å². The van der Waals surface area contributed by atoms with E-state index in [1.165, 1.54) is 4.90 Å². The number of benzene rings is 2. The third kappa shape index (κ3) is 3.16. The predicted octanol–water partition coefficient (Wildman–Crippen LogP) is 3.82. The van der Waals surface area contributed by atoms with Gasteiger partial charge in [-0.15, -0.1) is 11.8 Å². The van der Waals surface area contributed by atoms with Gasteiger partial charge in [0, 0.05) is 10.6 Å². The van der Waals surface area contributed by atoms with Gasteiger partial charge in [-0.05, 0) is 30.5 Å². The molecule has 3 amide bonds. The largest absolute Gasteiger partial charge is 0.301 e. The van der Waals surface area contributed by atoms with Crippen LogP contribution in [0.2, 0.25) is 0 Å². The Morgan fingerprint density at radius 2 is 1.53 bits per heavy atom. The third-order valence-corrected chi connectivity index (χ3v) is 7.32. The van der Waals surface area contributed by atoms with Crippen molar-refractivity contribution in [1.82, 2.24) is 4.90 Å². The zero-order valence-corrected chi connectivity index (χ0v) is 17.3. The molecular formula is C24H22N2O3S. The van der Waals surface area contributed by atoms with E-state index in [1.54, 1.807) is 16.7 Å². The van der Waals surface area contributed by atoms with Gasteiger partial charge in [0.15, 0.2) is 0 Å². The molecule has 2 aliphatic heterocycles. The fraction of sp³-hybridized carbons (Fsp3) is 0.292. The minimum absolute atomic E-state index is 0.143. The highest BCUT2D eigenvalue weighted by Gasteiger charge is 2.48. The number of likely N-dealkylation sites (tertiary alicyclic amines) is 1. The average Bonchev–Trinajstić information content (AvgIpc) is 3.04. The summed E-state index contributed by atoms with van der Waals surface area (Å²) in [4.78, 5) is 43.3. The van der Waals surface area contributed by atoms with Crippen molar-refractivity contribution in [2.75, 3.05) is 17.2 Å². The van der Waals surface area contributed by atoms with Gasteiger partial charge >= 0.3 is 0 Å². The van der Waals surface area contributed by atoms with Crippen molar-refractivity contribution in [3.8, 4) is 0 Å². The molecule has 0 saturated carbocycles. The molecule has 2 aromatic carbocycles. The average molecular weight is 419 g/mol. The molecule has 0 spiro atoms. The number of amides is 3. The van der Waals surface area contributed by atoms with Crippen LogP contribution in [0.4, 0.5) is 5.69 Å². The third-order valence-electron chi connectivity index (χ3n) is 6.18. The summed E-state index contributed by atoms with van der Waals surface area (Å²) >= 11 is 1.72. The molecule has 0 bridgehead atoms. The lowest BCUT2D eigenvalue weighted by atomic mass is 9.85. The number of carbonyl (C=O) groups excluding carboxylic acids is 3. The molecule has 6 heteroatoms. The van der Waals surface area contributed by atoms with Gasteiger partial charge in [-0.3, -0.25) is 19.3 Å². The summed E-state index contributed by atoms with van der Waals surface area (Å²) in [5, 5.41) is 0. The van der Waals surface area contributed by atoms with Gasteiger partial charge in [-0.25, -0.2) is 0 Å². The molecule has 0 aromatic heterocycles. The Hall–Kier alpha value is -2.86. The second kappa shape index (κ2) is 7.76. The smallest absolute Gasteiger partial charge is 0.247 e. The topological polar surface area (TPSA) is 57.7 Å². The SMILES string of the molecule is O=C1[C@H]2CC=CC[C@H]2C(=O)N1CC(=O)N1c2ccccc2SC[C@H]1c1ccccc1. The molecule has 1 fully saturated rings. The first kappa shape index (κ1) is 19.1. The van der Waals surface area contributed by atoms with E-state index in [1.807, 2.05) is 66.7 Å². The van der Waals surface area contributed by atoms with Crippen LogP contribution in [-0.4, -0.2) is 34.9 Å². The zero-order valence-electron chi connectivity index (χ0n) is 16.4. The van der Waals surface area contributed by atoms with Crippen molar-refractivity contribution in [3.05, 3.63) is 72.3 Å². The van der Waals surface area contributed by atoms with E-state index in [-0.39, 0.29) is 42.1 Å². The zero-order chi connectivity index (χ0) is 20.7. The number of imide groups is 1. The van der Waals surface area contributed by atoms with Crippen molar-refractivity contribution in [2.24, 2.45) is 11.8 Å². The van der Waals surface area contributed by atoms with Crippen LogP contribution in [0, 0.1) is 11.8 Å². The molecule has 2 aromatic rings. The highest BCUT2D eigenvalue weighted by molar-refractivity contribution is 7.99. The first-order valence-corrected chi connectivity index (χ1v) is 11.2. The van der Waals surface area contributed by atoms with Crippen LogP contribution in [0.15, 0.2) is 71.6 Å². The first-order valence-electron chi connectivity index (χ1n) is 10.2. The second-order valence-electron chi connectivity index (χ2n) is 7.89. The van der Waals surface area contributed by atoms with Gasteiger partial charge in [-0.1, -0.05) is 54.6 Å². The molecule has 0 N–H and O–H groups in total. The van der Waals surface area contributed by atoms with Crippen LogP contribution in [0.1, 0.15) is 24.4 Å². The maximum atomic E-state index is 13.6. The second-order valence-corrected chi connectivity index (χ2v) is 8.95. The summed E-state index contributed by atoms with van der Waals surface area (Å²) in [6, 6.07) is 17.6. The lowest BCUT2D eigenvalue weighted by Crippen LogP contribution is -2.46. The number of para-hydroxylation sites is 1. The van der Waals surface area contributed by atoms with E-state index in [0.29, 0.717) is 12.8 Å². The maximum Gasteiger partial charge on any atom is 0.247 e. The van der Waals surface area contributed by atoms with Crippen LogP contribution in [-0.2, 0) is 14.4 Å². The van der Waals surface area contributed by atoms with E-state index in [0.717, 1.165) is 21.9 Å². The number of hydrogen-bond donors (Lipinski definition) is 0. The molecule has 152 valence electrons. The fourth-order valence-corrected chi connectivity index (χ4v) is 5.82. The Morgan fingerprint density at radius 3 is 2.23 bits per heavy atom. The minimum Gasteiger partial charge on any atom is -0.301 e. The van der Waals surface area contributed by atoms with Crippen LogP contribution >= 0.6 is 11.8 Å². The predicted molar refractivity (Wildman–Crippen MR) is 116 cm³/mol. The molecule has 0 unspecified atom stereocenters. The van der Waals surface area contributed by atoms with Crippen LogP contribution in [0.5, 0.6) is 0 Å². The molecule has 3 atom stereocenters. The van der Waals surface area contributed by atoms with Gasteiger partial charge in [0.25, 0.3) is 0 Å². The number of carbonyl (C=O) groups is 3. The molecule has 2 heterocycles. The van der Waals surface area contributed by atoms with Crippen molar-refractivity contribution < 1.29 is 14.4 Å². The van der Waals surface area contributed by atoms with Gasteiger partial charge in [0.2, 0.25) is 17.7 Å². The van der Waals surface area contributed by atoms with E-state index in [2.05, 4.69) is 0 Å². The lowest BCUT2D eigenvalue weighted by molar-refractivity contribution is -0.143. The summed E-state index contributed by atoms with van der Waals surface area (Å²) in [6.07, 6.45) is 5.08. The monoisotopic (exact) mass is 418 g/mol. The Labute approximate surface area is 179 Å². The Morgan fingerprint density at radius 1 is 0.900 bits per heavy atom. The number of allylic oxidation sites excluding steroid dienone is 2. The Balaban J connectivity index is 1.46. The Bertz CT molecular complexity index is 1010. The molecule has 5 rings (SSSR count). The standard InChI is InChI=1S/C24H22N2O3S/c27-22(14-25-23(28)17-10-4-5-11-18(17)24(25)29)26-19-12-6-7-13-21(19)30-15-20(26)16-8-2-1-3-9-16/h1-9,12-13,17-18,20H,10-11,14-15H2/t17-,18+,20-/m0/s1. The number of nitrogens with zero attached hydrogens (tertiary/aromatic N) is 2. The quantitative estimate of drug-likeness (QED) is 0.562. The van der Waals surface area contributed by atoms with Gasteiger partial charge in [0.05, 0.1) is 23.6 Å². The van der Waals surface area contributed by atoms with Crippen molar-refractivity contribution >= 4 is 35.2 Å². The minimum atomic E-state index is -0.315. The molecule has 3 aliphatic rings. The van der Waals surface area contributed by atoms with Crippen molar-refractivity contribution in [3.63, 3.8) is 0 Å². The summed E-state index contributed by atoms with van der Waals surface area (Å²) in [7, 11) is 0. The number of fused-ring (bicyclic) bond motifs is 2. The van der Waals surface area contributed by atoms with Gasteiger partial charge in [0.1, 0.15) is 6.54 Å². The number of anilines is 1. The van der Waals surface area contributed by atoms with Gasteiger partial charge < -0.3 is 4.90 Å². The molecule has 1 aliphatic carbocycles. The summed E-state index contributed by atoms with van der Waals surface area (Å²) in [5.41, 5.74) is 1.88. The lowest BCUT2D eigenvalue weighted by Gasteiger charge is -2.37. The summed E-state index contributed by atoms with van der Waals surface area (Å²) in [6.45, 7) is -0.201. The molecule has 1 saturated heterocycles. The number of rotatable bonds is 3. The number of hydrogen-bond acceptors (Lipinski definition) is 4. The van der Waals surface area contributed by atoms with E-state index < -0.39 is 0 Å². The van der Waals surface area contributed by atoms with E-state index in [4.69, 9.17) is 0 Å². The normalized spacial score (nSPS) is 25.3. The summed E-state index contributed by atoms with van der Waals surface area (Å²) in [5.74, 6) is -0.542. The van der Waals surface area contributed by atoms with Crippen molar-refractivity contribution in [1.29, 1.82) is 0 Å². The fourth-order valence-electron chi connectivity index (χ4n) is 4.65. The summed E-state index contributed by atoms with van der Waals surface area (Å²) < 4.78 is 0. The van der Waals surface area contributed by atoms with Crippen LogP contribution in [0.25, 0.3) is 0 Å². The Kier molecular flexibility index (Phi) is 4.95. The van der Waals surface area contributed by atoms with E-state index >= 15 is 0 Å². The molecule has 30 heavy (non-hydrogen) atoms. The number of thioether (sulfide) groups is 1. The molecule has 5 nitrogen and oxygen atoms in total. The highest BCUT2D eigenvalue weighted by atomic mass is 32.2. The van der Waals surface area contributed by atoms with Crippen molar-refractivity contribution in [2.45, 2.75) is 23.8 Å². The van der Waals surface area contributed by atoms with E-state index in [9.17, 15) is 14.4 Å². The maximum absolute atomic E-state index is 13.6. The highest BCUT2D eigenvalue weighted by Crippen LogP contribution is 2.43. The molecule has 0 radical (unpaired) electrons. The first-order chi connectivity index (χ1) is 14.6.